The highest BCUT2D eigenvalue weighted by Gasteiger charge is 2.22. The van der Waals surface area contributed by atoms with Gasteiger partial charge in [0.05, 0.1) is 17.8 Å². The molecule has 2 aromatic carbocycles. The first-order chi connectivity index (χ1) is 11.5. The first-order valence-electron chi connectivity index (χ1n) is 7.73. The van der Waals surface area contributed by atoms with E-state index in [1.807, 2.05) is 44.3 Å². The van der Waals surface area contributed by atoms with Crippen LogP contribution in [0.15, 0.2) is 48.5 Å². The van der Waals surface area contributed by atoms with Gasteiger partial charge in [0.25, 0.3) is 5.91 Å². The number of nitrogens with one attached hydrogen (secondary N) is 2. The smallest absolute Gasteiger partial charge is 0.282 e. The van der Waals surface area contributed by atoms with Gasteiger partial charge in [-0.15, -0.1) is 0 Å². The van der Waals surface area contributed by atoms with Crippen LogP contribution in [0.25, 0.3) is 0 Å². The molecule has 0 bridgehead atoms. The summed E-state index contributed by atoms with van der Waals surface area (Å²) in [7, 11) is 1.92. The second-order valence-corrected chi connectivity index (χ2v) is 6.00. The number of hydrogen-bond acceptors (Lipinski definition) is 2. The second kappa shape index (κ2) is 8.66. The third-order valence-electron chi connectivity index (χ3n) is 3.83. The van der Waals surface area contributed by atoms with E-state index in [1.165, 1.54) is 18.2 Å². The zero-order chi connectivity index (χ0) is 17.5. The standard InChI is InChI=1S/C18H20ClFN2O2/c1-13(18(23)21-17-9-8-14(20)12-16(17)19)22(2)10-11-24-15-6-4-3-5-7-15/h3-9,12-13H,10-11H2,1-2H3,(H,21,23)/p+1/t13-/m0/s1. The number of halogens is 2. The maximum atomic E-state index is 13.0. The van der Waals surface area contributed by atoms with Gasteiger partial charge in [-0.05, 0) is 37.3 Å². The largest absolute Gasteiger partial charge is 0.488 e. The highest BCUT2D eigenvalue weighted by Crippen LogP contribution is 2.22. The van der Waals surface area contributed by atoms with Crippen molar-refractivity contribution in [3.8, 4) is 5.75 Å². The van der Waals surface area contributed by atoms with Crippen LogP contribution in [0.4, 0.5) is 10.1 Å². The lowest BCUT2D eigenvalue weighted by molar-refractivity contribution is -0.894. The normalized spacial score (nSPS) is 13.2. The Labute approximate surface area is 146 Å². The molecule has 2 N–H and O–H groups in total. The van der Waals surface area contributed by atoms with Crippen molar-refractivity contribution in [1.29, 1.82) is 0 Å². The van der Waals surface area contributed by atoms with Gasteiger partial charge in [-0.2, -0.15) is 0 Å². The Bertz CT molecular complexity index is 682. The van der Waals surface area contributed by atoms with E-state index < -0.39 is 5.82 Å². The molecule has 1 amide bonds. The van der Waals surface area contributed by atoms with E-state index in [4.69, 9.17) is 16.3 Å². The molecule has 0 fully saturated rings. The lowest BCUT2D eigenvalue weighted by atomic mass is 10.2. The van der Waals surface area contributed by atoms with Crippen LogP contribution in [0.1, 0.15) is 6.92 Å². The first kappa shape index (κ1) is 18.2. The van der Waals surface area contributed by atoms with Crippen molar-refractivity contribution in [3.63, 3.8) is 0 Å². The average Bonchev–Trinajstić information content (AvgIpc) is 2.57. The summed E-state index contributed by atoms with van der Waals surface area (Å²) in [6.07, 6.45) is 0. The van der Waals surface area contributed by atoms with Crippen molar-refractivity contribution >= 4 is 23.2 Å². The van der Waals surface area contributed by atoms with Crippen LogP contribution in [-0.4, -0.2) is 32.1 Å². The number of carbonyl (C=O) groups is 1. The molecule has 0 saturated carbocycles. The van der Waals surface area contributed by atoms with E-state index >= 15 is 0 Å². The van der Waals surface area contributed by atoms with Crippen molar-refractivity contribution in [2.45, 2.75) is 13.0 Å². The van der Waals surface area contributed by atoms with Gasteiger partial charge in [-0.25, -0.2) is 4.39 Å². The highest BCUT2D eigenvalue weighted by atomic mass is 35.5. The SMILES string of the molecule is C[C@@H](C(=O)Nc1ccc(F)cc1Cl)[NH+](C)CCOc1ccccc1. The van der Waals surface area contributed by atoms with E-state index in [2.05, 4.69) is 5.32 Å². The maximum Gasteiger partial charge on any atom is 0.282 e. The van der Waals surface area contributed by atoms with E-state index in [0.717, 1.165) is 10.6 Å². The van der Waals surface area contributed by atoms with Gasteiger partial charge < -0.3 is 15.0 Å². The molecule has 0 heterocycles. The molecule has 0 aromatic heterocycles. The Balaban J connectivity index is 1.83. The quantitative estimate of drug-likeness (QED) is 0.804. The molecule has 2 atom stereocenters. The molecule has 128 valence electrons. The van der Waals surface area contributed by atoms with Crippen molar-refractivity contribution < 1.29 is 18.8 Å². The van der Waals surface area contributed by atoms with E-state index in [1.54, 1.807) is 0 Å². The van der Waals surface area contributed by atoms with Crippen LogP contribution < -0.4 is 15.0 Å². The van der Waals surface area contributed by atoms with Crippen LogP contribution in [0.3, 0.4) is 0 Å². The Morgan fingerprint density at radius 2 is 2.00 bits per heavy atom. The summed E-state index contributed by atoms with van der Waals surface area (Å²) in [5.74, 6) is 0.188. The zero-order valence-corrected chi connectivity index (χ0v) is 14.4. The number of anilines is 1. The minimum Gasteiger partial charge on any atom is -0.488 e. The molecular formula is C18H21ClFN2O2+. The molecule has 24 heavy (non-hydrogen) atoms. The minimum absolute atomic E-state index is 0.180. The zero-order valence-electron chi connectivity index (χ0n) is 13.7. The monoisotopic (exact) mass is 351 g/mol. The minimum atomic E-state index is -0.438. The van der Waals surface area contributed by atoms with Crippen LogP contribution in [0, 0.1) is 5.82 Å². The number of amides is 1. The lowest BCUT2D eigenvalue weighted by Crippen LogP contribution is -3.14. The fraction of sp³-hybridized carbons (Fsp3) is 0.278. The van der Waals surface area contributed by atoms with Gasteiger partial charge in [0.15, 0.2) is 6.04 Å². The summed E-state index contributed by atoms with van der Waals surface area (Å²) in [6, 6.07) is 13.1. The number of hydrogen-bond donors (Lipinski definition) is 2. The molecule has 6 heteroatoms. The molecule has 0 radical (unpaired) electrons. The molecule has 0 saturated heterocycles. The molecule has 4 nitrogen and oxygen atoms in total. The van der Waals surface area contributed by atoms with Gasteiger partial charge >= 0.3 is 0 Å². The third-order valence-corrected chi connectivity index (χ3v) is 4.14. The predicted molar refractivity (Wildman–Crippen MR) is 93.2 cm³/mol. The molecule has 0 aliphatic rings. The fourth-order valence-corrected chi connectivity index (χ4v) is 2.33. The Kier molecular flexibility index (Phi) is 6.58. The van der Waals surface area contributed by atoms with E-state index in [-0.39, 0.29) is 17.0 Å². The molecule has 0 aliphatic heterocycles. The average molecular weight is 352 g/mol. The number of benzene rings is 2. The molecular weight excluding hydrogens is 331 g/mol. The Hall–Kier alpha value is -2.11. The lowest BCUT2D eigenvalue weighted by Gasteiger charge is -2.21. The summed E-state index contributed by atoms with van der Waals surface area (Å²) in [6.45, 7) is 3.00. The molecule has 2 aromatic rings. The molecule has 2 rings (SSSR count). The second-order valence-electron chi connectivity index (χ2n) is 5.59. The molecule has 0 aliphatic carbocycles. The van der Waals surface area contributed by atoms with E-state index in [0.29, 0.717) is 18.8 Å². The van der Waals surface area contributed by atoms with Gasteiger partial charge in [-0.1, -0.05) is 29.8 Å². The van der Waals surface area contributed by atoms with Gasteiger partial charge in [-0.3, -0.25) is 4.79 Å². The number of rotatable bonds is 7. The number of likely N-dealkylation sites (N-methyl/N-ethyl adjacent to an activating group) is 1. The van der Waals surface area contributed by atoms with Gasteiger partial charge in [0.1, 0.15) is 24.7 Å². The van der Waals surface area contributed by atoms with E-state index in [9.17, 15) is 9.18 Å². The number of quaternary nitrogens is 1. The van der Waals surface area contributed by atoms with Crippen molar-refractivity contribution in [1.82, 2.24) is 0 Å². The molecule has 0 spiro atoms. The molecule has 1 unspecified atom stereocenters. The summed E-state index contributed by atoms with van der Waals surface area (Å²) in [5.41, 5.74) is 0.406. The predicted octanol–water partition coefficient (Wildman–Crippen LogP) is 2.40. The summed E-state index contributed by atoms with van der Waals surface area (Å²) in [5, 5.41) is 2.91. The van der Waals surface area contributed by atoms with Crippen molar-refractivity contribution in [3.05, 3.63) is 59.4 Å². The summed E-state index contributed by atoms with van der Waals surface area (Å²) >= 11 is 5.93. The number of carbonyl (C=O) groups excluding carboxylic acids is 1. The summed E-state index contributed by atoms with van der Waals surface area (Å²) < 4.78 is 18.7. The number of para-hydroxylation sites is 1. The maximum absolute atomic E-state index is 13.0. The number of ether oxygens (including phenoxy) is 1. The first-order valence-corrected chi connectivity index (χ1v) is 8.11. The van der Waals surface area contributed by atoms with Crippen LogP contribution in [0.5, 0.6) is 5.75 Å². The van der Waals surface area contributed by atoms with Gasteiger partial charge in [0, 0.05) is 0 Å². The topological polar surface area (TPSA) is 42.8 Å². The van der Waals surface area contributed by atoms with Crippen molar-refractivity contribution in [2.24, 2.45) is 0 Å². The van der Waals surface area contributed by atoms with Crippen LogP contribution in [0.2, 0.25) is 5.02 Å². The Morgan fingerprint density at radius 1 is 1.29 bits per heavy atom. The third kappa shape index (κ3) is 5.22. The summed E-state index contributed by atoms with van der Waals surface area (Å²) in [4.78, 5) is 13.3. The van der Waals surface area contributed by atoms with Crippen LogP contribution in [-0.2, 0) is 4.79 Å². The fourth-order valence-electron chi connectivity index (χ4n) is 2.12. The van der Waals surface area contributed by atoms with Crippen molar-refractivity contribution in [2.75, 3.05) is 25.5 Å². The highest BCUT2D eigenvalue weighted by molar-refractivity contribution is 6.33. The van der Waals surface area contributed by atoms with Gasteiger partial charge in [0.2, 0.25) is 0 Å². The van der Waals surface area contributed by atoms with Crippen LogP contribution >= 0.6 is 11.6 Å². The Morgan fingerprint density at radius 3 is 2.67 bits per heavy atom.